The van der Waals surface area contributed by atoms with Crippen LogP contribution in [0.25, 0.3) is 10.2 Å². The van der Waals surface area contributed by atoms with Crippen LogP contribution in [0.2, 0.25) is 0 Å². The summed E-state index contributed by atoms with van der Waals surface area (Å²) in [6.45, 7) is 5.18. The Kier molecular flexibility index (Phi) is 4.61. The van der Waals surface area contributed by atoms with Gasteiger partial charge in [-0.25, -0.2) is 4.98 Å². The number of hydrogen-bond donors (Lipinski definition) is 3. The molecule has 0 radical (unpaired) electrons. The molecule has 0 fully saturated rings. The highest BCUT2D eigenvalue weighted by molar-refractivity contribution is 7.18. The number of fused-ring (bicyclic) bond motifs is 1. The average molecular weight is 279 g/mol. The molecule has 5 heteroatoms. The van der Waals surface area contributed by atoms with Crippen LogP contribution in [0.15, 0.2) is 12.1 Å². The van der Waals surface area contributed by atoms with E-state index in [0.29, 0.717) is 5.92 Å². The fourth-order valence-electron chi connectivity index (χ4n) is 2.02. The molecule has 104 valence electrons. The van der Waals surface area contributed by atoms with Crippen molar-refractivity contribution in [3.05, 3.63) is 17.1 Å². The van der Waals surface area contributed by atoms with Crippen molar-refractivity contribution in [2.75, 3.05) is 24.2 Å². The average Bonchev–Trinajstić information content (AvgIpc) is 2.73. The summed E-state index contributed by atoms with van der Waals surface area (Å²) in [7, 11) is 0. The Labute approximate surface area is 117 Å². The third kappa shape index (κ3) is 3.58. The fourth-order valence-corrected chi connectivity index (χ4v) is 2.88. The molecular formula is C14H21N3OS. The first-order chi connectivity index (χ1) is 9.10. The van der Waals surface area contributed by atoms with Gasteiger partial charge in [-0.2, -0.15) is 0 Å². The van der Waals surface area contributed by atoms with E-state index in [4.69, 9.17) is 10.8 Å². The van der Waals surface area contributed by atoms with Crippen molar-refractivity contribution in [3.63, 3.8) is 0 Å². The first-order valence-electron chi connectivity index (χ1n) is 6.61. The number of aryl methyl sites for hydroxylation is 1. The molecule has 0 aliphatic heterocycles. The molecule has 0 aliphatic rings. The maximum atomic E-state index is 8.97. The zero-order valence-corrected chi connectivity index (χ0v) is 12.3. The third-order valence-corrected chi connectivity index (χ3v) is 4.10. The molecule has 19 heavy (non-hydrogen) atoms. The number of hydrogen-bond acceptors (Lipinski definition) is 5. The van der Waals surface area contributed by atoms with Crippen LogP contribution in [0.5, 0.6) is 0 Å². The van der Waals surface area contributed by atoms with Gasteiger partial charge in [-0.3, -0.25) is 0 Å². The van der Waals surface area contributed by atoms with Crippen LogP contribution in [-0.4, -0.2) is 23.2 Å². The number of benzene rings is 1. The van der Waals surface area contributed by atoms with Gasteiger partial charge in [0.1, 0.15) is 0 Å². The van der Waals surface area contributed by atoms with Gasteiger partial charge in [-0.05, 0) is 37.8 Å². The fraction of sp³-hybridized carbons (Fsp3) is 0.500. The number of nitrogens with one attached hydrogen (secondary N) is 1. The van der Waals surface area contributed by atoms with Crippen molar-refractivity contribution >= 4 is 32.9 Å². The van der Waals surface area contributed by atoms with Crippen LogP contribution in [0.1, 0.15) is 24.8 Å². The van der Waals surface area contributed by atoms with Crippen molar-refractivity contribution in [2.24, 2.45) is 5.92 Å². The van der Waals surface area contributed by atoms with E-state index in [1.54, 1.807) is 11.3 Å². The quantitative estimate of drug-likeness (QED) is 0.561. The smallest absolute Gasteiger partial charge is 0.0907 e. The molecular weight excluding hydrogens is 258 g/mol. The molecule has 4 nitrogen and oxygen atoms in total. The highest BCUT2D eigenvalue weighted by atomic mass is 32.1. The van der Waals surface area contributed by atoms with Gasteiger partial charge < -0.3 is 16.2 Å². The topological polar surface area (TPSA) is 71.2 Å². The lowest BCUT2D eigenvalue weighted by Gasteiger charge is -2.11. The van der Waals surface area contributed by atoms with Crippen molar-refractivity contribution in [3.8, 4) is 0 Å². The molecule has 1 atom stereocenters. The molecule has 0 saturated carbocycles. The molecule has 1 aromatic carbocycles. The zero-order chi connectivity index (χ0) is 13.8. The molecule has 2 rings (SSSR count). The monoisotopic (exact) mass is 279 g/mol. The number of nitrogens with two attached hydrogens (primary N) is 1. The summed E-state index contributed by atoms with van der Waals surface area (Å²) < 4.78 is 1.13. The number of aliphatic hydroxyl groups excluding tert-OH is 1. The summed E-state index contributed by atoms with van der Waals surface area (Å²) in [5.41, 5.74) is 8.77. The predicted molar refractivity (Wildman–Crippen MR) is 82.7 cm³/mol. The third-order valence-electron chi connectivity index (χ3n) is 3.17. The first kappa shape index (κ1) is 14.1. The predicted octanol–water partition coefficient (Wildman–Crippen LogP) is 3.01. The van der Waals surface area contributed by atoms with Gasteiger partial charge in [0.15, 0.2) is 0 Å². The number of thiazole rings is 1. The Morgan fingerprint density at radius 1 is 1.47 bits per heavy atom. The van der Waals surface area contributed by atoms with Crippen LogP contribution in [0.4, 0.5) is 11.4 Å². The largest absolute Gasteiger partial charge is 0.397 e. The lowest BCUT2D eigenvalue weighted by Crippen LogP contribution is -2.07. The Bertz CT molecular complexity index is 553. The minimum atomic E-state index is 0.256. The minimum Gasteiger partial charge on any atom is -0.397 e. The Morgan fingerprint density at radius 3 is 3.00 bits per heavy atom. The van der Waals surface area contributed by atoms with Crippen molar-refractivity contribution < 1.29 is 5.11 Å². The van der Waals surface area contributed by atoms with E-state index in [-0.39, 0.29) is 6.61 Å². The normalized spacial score (nSPS) is 12.8. The van der Waals surface area contributed by atoms with Gasteiger partial charge in [0.05, 0.1) is 26.6 Å². The lowest BCUT2D eigenvalue weighted by molar-refractivity contribution is 0.229. The summed E-state index contributed by atoms with van der Waals surface area (Å²) in [6, 6.07) is 4.00. The van der Waals surface area contributed by atoms with E-state index >= 15 is 0 Å². The molecule has 0 saturated heterocycles. The molecule has 0 amide bonds. The molecule has 0 aliphatic carbocycles. The van der Waals surface area contributed by atoms with Crippen LogP contribution in [0.3, 0.4) is 0 Å². The van der Waals surface area contributed by atoms with Crippen LogP contribution < -0.4 is 11.1 Å². The maximum absolute atomic E-state index is 8.97. The number of aromatic nitrogens is 1. The molecule has 2 aromatic rings. The van der Waals surface area contributed by atoms with E-state index in [0.717, 1.165) is 46.0 Å². The molecule has 1 aromatic heterocycles. The summed E-state index contributed by atoms with van der Waals surface area (Å²) >= 11 is 1.66. The van der Waals surface area contributed by atoms with Crippen LogP contribution >= 0.6 is 11.3 Å². The number of anilines is 2. The summed E-state index contributed by atoms with van der Waals surface area (Å²) in [5, 5.41) is 13.4. The number of nitrogen functional groups attached to an aromatic ring is 1. The van der Waals surface area contributed by atoms with Gasteiger partial charge in [0.25, 0.3) is 0 Å². The minimum absolute atomic E-state index is 0.256. The zero-order valence-electron chi connectivity index (χ0n) is 11.4. The standard InChI is InChI=1S/C14H21N3OS/c1-9(8-18)4-3-5-16-12-7-13-14(6-11(12)15)19-10(2)17-13/h6-7,9,16,18H,3-5,8,15H2,1-2H3. The molecule has 0 bridgehead atoms. The summed E-state index contributed by atoms with van der Waals surface area (Å²) in [6.07, 6.45) is 2.04. The van der Waals surface area contributed by atoms with Gasteiger partial charge in [-0.1, -0.05) is 6.92 Å². The number of rotatable bonds is 6. The Balaban J connectivity index is 1.98. The van der Waals surface area contributed by atoms with Crippen molar-refractivity contribution in [2.45, 2.75) is 26.7 Å². The van der Waals surface area contributed by atoms with E-state index < -0.39 is 0 Å². The van der Waals surface area contributed by atoms with E-state index in [1.807, 2.05) is 19.1 Å². The molecule has 1 unspecified atom stereocenters. The van der Waals surface area contributed by atoms with Gasteiger partial charge in [0.2, 0.25) is 0 Å². The first-order valence-corrected chi connectivity index (χ1v) is 7.43. The van der Waals surface area contributed by atoms with Crippen LogP contribution in [-0.2, 0) is 0 Å². The highest BCUT2D eigenvalue weighted by Gasteiger charge is 2.06. The summed E-state index contributed by atoms with van der Waals surface area (Å²) in [5.74, 6) is 0.364. The molecule has 0 spiro atoms. The SMILES string of the molecule is Cc1nc2cc(NCCCC(C)CO)c(N)cc2s1. The second-order valence-electron chi connectivity index (χ2n) is 5.00. The van der Waals surface area contributed by atoms with Gasteiger partial charge >= 0.3 is 0 Å². The maximum Gasteiger partial charge on any atom is 0.0907 e. The van der Waals surface area contributed by atoms with E-state index in [9.17, 15) is 0 Å². The van der Waals surface area contributed by atoms with Gasteiger partial charge in [0, 0.05) is 13.2 Å². The number of aliphatic hydroxyl groups is 1. The summed E-state index contributed by atoms with van der Waals surface area (Å²) in [4.78, 5) is 4.47. The van der Waals surface area contributed by atoms with E-state index in [1.165, 1.54) is 0 Å². The second kappa shape index (κ2) is 6.21. The van der Waals surface area contributed by atoms with Crippen molar-refractivity contribution in [1.29, 1.82) is 0 Å². The number of nitrogens with zero attached hydrogens (tertiary/aromatic N) is 1. The Hall–Kier alpha value is -1.33. The highest BCUT2D eigenvalue weighted by Crippen LogP contribution is 2.29. The Morgan fingerprint density at radius 2 is 2.26 bits per heavy atom. The van der Waals surface area contributed by atoms with E-state index in [2.05, 4.69) is 17.2 Å². The molecule has 4 N–H and O–H groups in total. The lowest BCUT2D eigenvalue weighted by atomic mass is 10.1. The van der Waals surface area contributed by atoms with Crippen LogP contribution in [0, 0.1) is 12.8 Å². The van der Waals surface area contributed by atoms with Gasteiger partial charge in [-0.15, -0.1) is 11.3 Å². The van der Waals surface area contributed by atoms with Crippen molar-refractivity contribution in [1.82, 2.24) is 4.98 Å². The molecule has 1 heterocycles. The second-order valence-corrected chi connectivity index (χ2v) is 6.23.